The molecule has 0 saturated heterocycles. The number of nitrogens with zero attached hydrogens (tertiary/aromatic N) is 2. The van der Waals surface area contributed by atoms with Crippen LogP contribution in [-0.2, 0) is 0 Å². The molecule has 7 nitrogen and oxygen atoms in total. The molecule has 0 heterocycles. The highest BCUT2D eigenvalue weighted by Crippen LogP contribution is 2.29. The summed E-state index contributed by atoms with van der Waals surface area (Å²) >= 11 is 0. The van der Waals surface area contributed by atoms with E-state index in [2.05, 4.69) is 0 Å². The van der Waals surface area contributed by atoms with E-state index in [4.69, 9.17) is 14.9 Å². The molecule has 1 rings (SSSR count). The number of aliphatic hydroxyl groups is 2. The van der Waals surface area contributed by atoms with E-state index in [1.165, 1.54) is 12.1 Å². The second kappa shape index (κ2) is 7.66. The van der Waals surface area contributed by atoms with Crippen LogP contribution in [0.4, 0.5) is 11.4 Å². The van der Waals surface area contributed by atoms with Gasteiger partial charge >= 0.3 is 0 Å². The first kappa shape index (κ1) is 16.2. The van der Waals surface area contributed by atoms with Crippen LogP contribution < -0.4 is 9.64 Å². The molecule has 0 radical (unpaired) electrons. The summed E-state index contributed by atoms with van der Waals surface area (Å²) in [6.07, 6.45) is -0.103. The van der Waals surface area contributed by atoms with Gasteiger partial charge in [0.15, 0.2) is 0 Å². The average Bonchev–Trinajstić information content (AvgIpc) is 2.37. The SMILES string of the molecule is CC(C)Oc1cc(N(CCO)CCO)cc([N+](=O)[O-])c1. The maximum Gasteiger partial charge on any atom is 0.275 e. The van der Waals surface area contributed by atoms with E-state index in [0.29, 0.717) is 11.4 Å². The number of hydrogen-bond acceptors (Lipinski definition) is 6. The van der Waals surface area contributed by atoms with Crippen LogP contribution in [0.1, 0.15) is 13.8 Å². The van der Waals surface area contributed by atoms with Gasteiger partial charge in [0.05, 0.1) is 30.3 Å². The van der Waals surface area contributed by atoms with E-state index in [1.807, 2.05) is 13.8 Å². The largest absolute Gasteiger partial charge is 0.491 e. The van der Waals surface area contributed by atoms with Crippen molar-refractivity contribution in [3.05, 3.63) is 28.3 Å². The van der Waals surface area contributed by atoms with Crippen LogP contribution >= 0.6 is 0 Å². The third-order valence-corrected chi connectivity index (χ3v) is 2.56. The van der Waals surface area contributed by atoms with Crippen LogP contribution in [0.25, 0.3) is 0 Å². The minimum Gasteiger partial charge on any atom is -0.491 e. The molecule has 112 valence electrons. The second-order valence-corrected chi connectivity index (χ2v) is 4.54. The van der Waals surface area contributed by atoms with Gasteiger partial charge in [0.2, 0.25) is 0 Å². The van der Waals surface area contributed by atoms with Crippen LogP contribution in [-0.4, -0.2) is 47.5 Å². The molecule has 0 aliphatic rings. The van der Waals surface area contributed by atoms with E-state index in [9.17, 15) is 10.1 Å². The number of aliphatic hydroxyl groups excluding tert-OH is 2. The van der Waals surface area contributed by atoms with Crippen molar-refractivity contribution in [1.29, 1.82) is 0 Å². The smallest absolute Gasteiger partial charge is 0.275 e. The molecular weight excluding hydrogens is 264 g/mol. The van der Waals surface area contributed by atoms with Gasteiger partial charge in [-0.1, -0.05) is 0 Å². The van der Waals surface area contributed by atoms with Crippen LogP contribution in [0.5, 0.6) is 5.75 Å². The minimum atomic E-state index is -0.493. The fourth-order valence-corrected chi connectivity index (χ4v) is 1.81. The summed E-state index contributed by atoms with van der Waals surface area (Å²) < 4.78 is 5.50. The zero-order chi connectivity index (χ0) is 15.1. The topological polar surface area (TPSA) is 96.1 Å². The lowest BCUT2D eigenvalue weighted by atomic mass is 10.2. The lowest BCUT2D eigenvalue weighted by Crippen LogP contribution is -2.29. The first-order valence-electron chi connectivity index (χ1n) is 6.40. The van der Waals surface area contributed by atoms with Gasteiger partial charge in [-0.25, -0.2) is 0 Å². The van der Waals surface area contributed by atoms with Gasteiger partial charge in [-0.2, -0.15) is 0 Å². The monoisotopic (exact) mass is 284 g/mol. The van der Waals surface area contributed by atoms with Gasteiger partial charge in [0, 0.05) is 30.9 Å². The van der Waals surface area contributed by atoms with Crippen molar-refractivity contribution in [1.82, 2.24) is 0 Å². The number of anilines is 1. The zero-order valence-electron chi connectivity index (χ0n) is 11.7. The van der Waals surface area contributed by atoms with E-state index in [1.54, 1.807) is 11.0 Å². The molecule has 0 aliphatic carbocycles. The van der Waals surface area contributed by atoms with Gasteiger partial charge in [0.1, 0.15) is 5.75 Å². The number of benzene rings is 1. The van der Waals surface area contributed by atoms with E-state index in [-0.39, 0.29) is 38.1 Å². The van der Waals surface area contributed by atoms with Crippen molar-refractivity contribution >= 4 is 11.4 Å². The zero-order valence-corrected chi connectivity index (χ0v) is 11.7. The lowest BCUT2D eigenvalue weighted by molar-refractivity contribution is -0.384. The van der Waals surface area contributed by atoms with Crippen LogP contribution in [0, 0.1) is 10.1 Å². The van der Waals surface area contributed by atoms with E-state index >= 15 is 0 Å². The molecule has 0 saturated carbocycles. The summed E-state index contributed by atoms with van der Waals surface area (Å²) in [5.41, 5.74) is 0.456. The summed E-state index contributed by atoms with van der Waals surface area (Å²) in [6, 6.07) is 4.43. The summed E-state index contributed by atoms with van der Waals surface area (Å²) in [4.78, 5) is 12.1. The molecule has 1 aromatic rings. The fourth-order valence-electron chi connectivity index (χ4n) is 1.81. The van der Waals surface area contributed by atoms with Gasteiger partial charge in [-0.3, -0.25) is 10.1 Å². The summed E-state index contributed by atoms with van der Waals surface area (Å²) in [5, 5.41) is 29.0. The number of non-ortho nitro benzene ring substituents is 1. The molecule has 0 atom stereocenters. The molecule has 1 aromatic carbocycles. The summed E-state index contributed by atoms with van der Waals surface area (Å²) in [5.74, 6) is 0.394. The van der Waals surface area contributed by atoms with Gasteiger partial charge in [-0.15, -0.1) is 0 Å². The normalized spacial score (nSPS) is 10.7. The molecule has 2 N–H and O–H groups in total. The Bertz CT molecular complexity index is 444. The number of ether oxygens (including phenoxy) is 1. The van der Waals surface area contributed by atoms with Crippen LogP contribution in [0.3, 0.4) is 0 Å². The van der Waals surface area contributed by atoms with Crippen molar-refractivity contribution in [3.8, 4) is 5.75 Å². The average molecular weight is 284 g/mol. The quantitative estimate of drug-likeness (QED) is 0.549. The lowest BCUT2D eigenvalue weighted by Gasteiger charge is -2.23. The number of rotatable bonds is 8. The highest BCUT2D eigenvalue weighted by Gasteiger charge is 2.15. The van der Waals surface area contributed by atoms with Crippen LogP contribution in [0.15, 0.2) is 18.2 Å². The summed E-state index contributed by atoms with van der Waals surface area (Å²) in [6.45, 7) is 4.01. The van der Waals surface area contributed by atoms with E-state index < -0.39 is 4.92 Å². The Morgan fingerprint density at radius 3 is 2.30 bits per heavy atom. The number of nitro benzene ring substituents is 1. The van der Waals surface area contributed by atoms with Crippen molar-refractivity contribution in [3.63, 3.8) is 0 Å². The minimum absolute atomic E-state index is 0.0842. The molecule has 0 bridgehead atoms. The number of nitro groups is 1. The molecule has 0 aliphatic heterocycles. The fraction of sp³-hybridized carbons (Fsp3) is 0.538. The Morgan fingerprint density at radius 1 is 1.25 bits per heavy atom. The molecule has 20 heavy (non-hydrogen) atoms. The molecule has 0 unspecified atom stereocenters. The number of hydrogen-bond donors (Lipinski definition) is 2. The molecule has 0 fully saturated rings. The Kier molecular flexibility index (Phi) is 6.20. The van der Waals surface area contributed by atoms with Crippen molar-refractivity contribution in [2.75, 3.05) is 31.2 Å². The molecule has 0 amide bonds. The predicted octanol–water partition coefficient (Wildman–Crippen LogP) is 1.17. The predicted molar refractivity (Wildman–Crippen MR) is 75.2 cm³/mol. The Labute approximate surface area is 117 Å². The molecule has 7 heteroatoms. The van der Waals surface area contributed by atoms with E-state index in [0.717, 1.165) is 0 Å². The second-order valence-electron chi connectivity index (χ2n) is 4.54. The molecule has 0 aromatic heterocycles. The third kappa shape index (κ3) is 4.67. The van der Waals surface area contributed by atoms with Gasteiger partial charge in [0.25, 0.3) is 5.69 Å². The van der Waals surface area contributed by atoms with Gasteiger partial charge < -0.3 is 19.8 Å². The van der Waals surface area contributed by atoms with Crippen molar-refractivity contribution < 1.29 is 19.9 Å². The highest BCUT2D eigenvalue weighted by atomic mass is 16.6. The summed E-state index contributed by atoms with van der Waals surface area (Å²) in [7, 11) is 0. The first-order chi connectivity index (χ1) is 9.47. The molecular formula is C13H20N2O5. The first-order valence-corrected chi connectivity index (χ1v) is 6.40. The Morgan fingerprint density at radius 2 is 1.85 bits per heavy atom. The van der Waals surface area contributed by atoms with Crippen molar-refractivity contribution in [2.24, 2.45) is 0 Å². The standard InChI is InChI=1S/C13H20N2O5/c1-10(2)20-13-8-11(7-12(9-13)15(18)19)14(3-5-16)4-6-17/h7-10,16-17H,3-6H2,1-2H3. The van der Waals surface area contributed by atoms with Crippen LogP contribution in [0.2, 0.25) is 0 Å². The van der Waals surface area contributed by atoms with Crippen molar-refractivity contribution in [2.45, 2.75) is 20.0 Å². The maximum absolute atomic E-state index is 11.0. The Balaban J connectivity index is 3.14. The Hall–Kier alpha value is -1.86. The highest BCUT2D eigenvalue weighted by molar-refractivity contribution is 5.58. The maximum atomic E-state index is 11.0. The third-order valence-electron chi connectivity index (χ3n) is 2.56. The molecule has 0 spiro atoms. The van der Waals surface area contributed by atoms with Gasteiger partial charge in [-0.05, 0) is 13.8 Å².